The highest BCUT2D eigenvalue weighted by Gasteiger charge is 2.28. The number of benzene rings is 2. The number of sulfonamides is 1. The van der Waals surface area contributed by atoms with Gasteiger partial charge in [0.05, 0.1) is 14.8 Å². The quantitative estimate of drug-likeness (QED) is 0.350. The molecule has 0 bridgehead atoms. The molecule has 0 fully saturated rings. The zero-order valence-electron chi connectivity index (χ0n) is 18.8. The molecule has 4 aromatic rings. The lowest BCUT2D eigenvalue weighted by Crippen LogP contribution is -2.44. The van der Waals surface area contributed by atoms with Gasteiger partial charge in [0.15, 0.2) is 0 Å². The van der Waals surface area contributed by atoms with Gasteiger partial charge in [0.2, 0.25) is 10.0 Å². The average molecular weight is 487 g/mol. The number of hydrogen-bond donors (Lipinski definition) is 2. The van der Waals surface area contributed by atoms with Gasteiger partial charge in [-0.2, -0.15) is 4.72 Å². The number of carboxylic acid groups (broad SMARTS) is 1. The van der Waals surface area contributed by atoms with Gasteiger partial charge in [0.25, 0.3) is 0 Å². The van der Waals surface area contributed by atoms with Crippen LogP contribution in [0.15, 0.2) is 51.9 Å². The van der Waals surface area contributed by atoms with E-state index in [0.29, 0.717) is 17.1 Å². The largest absolute Gasteiger partial charge is 0.480 e. The van der Waals surface area contributed by atoms with Crippen LogP contribution in [0.1, 0.15) is 32.7 Å². The van der Waals surface area contributed by atoms with E-state index >= 15 is 0 Å². The summed E-state index contributed by atoms with van der Waals surface area (Å²) in [5.41, 5.74) is 2.09. The molecule has 4 rings (SSSR count). The summed E-state index contributed by atoms with van der Waals surface area (Å²) in [5.74, 6) is -1.08. The van der Waals surface area contributed by atoms with E-state index in [1.165, 1.54) is 12.1 Å². The highest BCUT2D eigenvalue weighted by molar-refractivity contribution is 7.89. The molecule has 1 atom stereocenters. The zero-order valence-corrected chi connectivity index (χ0v) is 20.5. The predicted octanol–water partition coefficient (Wildman–Crippen LogP) is 5.30. The molecule has 2 heterocycles. The van der Waals surface area contributed by atoms with Gasteiger partial charge in [-0.3, -0.25) is 4.79 Å². The van der Waals surface area contributed by atoms with Gasteiger partial charge in [-0.1, -0.05) is 27.7 Å². The van der Waals surface area contributed by atoms with Crippen LogP contribution in [0, 0.1) is 11.8 Å². The average Bonchev–Trinajstić information content (AvgIpc) is 3.34. The molecule has 0 unspecified atom stereocenters. The number of rotatable bonds is 8. The Bertz CT molecular complexity index is 1430. The number of fused-ring (bicyclic) bond motifs is 3. The third-order valence-electron chi connectivity index (χ3n) is 5.39. The molecule has 0 saturated heterocycles. The van der Waals surface area contributed by atoms with Crippen LogP contribution in [0.3, 0.4) is 0 Å². The Labute approximate surface area is 196 Å². The lowest BCUT2D eigenvalue weighted by Gasteiger charge is -2.17. The monoisotopic (exact) mass is 486 g/mol. The Morgan fingerprint density at radius 2 is 1.85 bits per heavy atom. The molecule has 0 radical (unpaired) electrons. The van der Waals surface area contributed by atoms with E-state index in [9.17, 15) is 18.3 Å². The molecule has 0 aliphatic carbocycles. The lowest BCUT2D eigenvalue weighted by molar-refractivity contribution is -0.140. The van der Waals surface area contributed by atoms with Crippen LogP contribution in [0.5, 0.6) is 0 Å². The summed E-state index contributed by atoms with van der Waals surface area (Å²) in [6.45, 7) is 7.63. The first-order valence-electron chi connectivity index (χ1n) is 10.7. The Morgan fingerprint density at radius 3 is 2.52 bits per heavy atom. The van der Waals surface area contributed by atoms with Crippen LogP contribution in [0.25, 0.3) is 32.4 Å². The summed E-state index contributed by atoms with van der Waals surface area (Å²) in [7, 11) is -4.03. The summed E-state index contributed by atoms with van der Waals surface area (Å²) in [6, 6.07) is 9.25. The second-order valence-electron chi connectivity index (χ2n) is 8.87. The molecule has 0 saturated carbocycles. The van der Waals surface area contributed by atoms with Gasteiger partial charge in [-0.25, -0.2) is 13.4 Å². The lowest BCUT2D eigenvalue weighted by atomic mass is 10.1. The summed E-state index contributed by atoms with van der Waals surface area (Å²) in [4.78, 5) is 17.0. The summed E-state index contributed by atoms with van der Waals surface area (Å²) in [6.07, 6.45) is 2.82. The topological polar surface area (TPSA) is 110 Å². The molecule has 0 aliphatic rings. The fourth-order valence-electron chi connectivity index (χ4n) is 3.67. The third kappa shape index (κ3) is 4.80. The molecular formula is C24H26N2O5S2. The normalized spacial score (nSPS) is 13.4. The van der Waals surface area contributed by atoms with E-state index < -0.39 is 28.0 Å². The van der Waals surface area contributed by atoms with Crippen LogP contribution >= 0.6 is 11.3 Å². The minimum atomic E-state index is -4.03. The number of furan rings is 1. The smallest absolute Gasteiger partial charge is 0.322 e. The Kier molecular flexibility index (Phi) is 6.30. The maximum absolute atomic E-state index is 12.8. The molecule has 2 aromatic carbocycles. The van der Waals surface area contributed by atoms with E-state index in [-0.39, 0.29) is 4.90 Å². The van der Waals surface area contributed by atoms with E-state index in [2.05, 4.69) is 23.6 Å². The number of hydrogen-bond acceptors (Lipinski definition) is 6. The van der Waals surface area contributed by atoms with Gasteiger partial charge in [-0.15, -0.1) is 11.3 Å². The number of aliphatic carboxylic acids is 1. The maximum atomic E-state index is 12.8. The second-order valence-corrected chi connectivity index (χ2v) is 11.7. The molecular weight excluding hydrogens is 460 g/mol. The van der Waals surface area contributed by atoms with E-state index in [1.807, 2.05) is 24.4 Å². The fraction of sp³-hybridized carbons (Fsp3) is 0.333. The molecule has 174 valence electrons. The number of thiazole rings is 1. The molecule has 0 aliphatic heterocycles. The molecule has 2 N–H and O–H groups in total. The van der Waals surface area contributed by atoms with Crippen molar-refractivity contribution in [3.05, 3.63) is 47.6 Å². The number of aromatic nitrogens is 1. The SMILES string of the molecule is CC(C)Cc1ncc(-c2ccc3oc4cc(S(=O)(=O)N[C@H](C(=O)O)C(C)C)ccc4c3c2)s1. The maximum Gasteiger partial charge on any atom is 0.322 e. The van der Waals surface area contributed by atoms with Crippen molar-refractivity contribution >= 4 is 49.3 Å². The Hall–Kier alpha value is -2.75. The highest BCUT2D eigenvalue weighted by Crippen LogP contribution is 2.35. The standard InChI is InChI=1S/C24H26N2O5S2/c1-13(2)9-22-25-12-21(32-22)15-5-8-19-18(10-15)17-7-6-16(11-20(17)31-19)33(29,30)26-23(14(3)4)24(27)28/h5-8,10-14,23,26H,9H2,1-4H3,(H,27,28)/t23-/m0/s1. The van der Waals surface area contributed by atoms with Gasteiger partial charge in [0, 0.05) is 29.5 Å². The molecule has 7 nitrogen and oxygen atoms in total. The summed E-state index contributed by atoms with van der Waals surface area (Å²) in [5, 5.41) is 12.1. The minimum Gasteiger partial charge on any atom is -0.480 e. The van der Waals surface area contributed by atoms with Crippen molar-refractivity contribution in [1.29, 1.82) is 0 Å². The van der Waals surface area contributed by atoms with Crippen LogP contribution in [-0.4, -0.2) is 30.5 Å². The molecule has 2 aromatic heterocycles. The predicted molar refractivity (Wildman–Crippen MR) is 130 cm³/mol. The van der Waals surface area contributed by atoms with Gasteiger partial charge < -0.3 is 9.52 Å². The first kappa shape index (κ1) is 23.4. The fourth-order valence-corrected chi connectivity index (χ4v) is 6.15. The van der Waals surface area contributed by atoms with E-state index in [1.54, 1.807) is 31.3 Å². The number of carboxylic acids is 1. The molecule has 9 heteroatoms. The summed E-state index contributed by atoms with van der Waals surface area (Å²) < 4.78 is 33.8. The first-order chi connectivity index (χ1) is 15.5. The number of carbonyl (C=O) groups is 1. The van der Waals surface area contributed by atoms with Gasteiger partial charge >= 0.3 is 5.97 Å². The minimum absolute atomic E-state index is 0.0398. The first-order valence-corrected chi connectivity index (χ1v) is 13.0. The molecule has 0 amide bonds. The Balaban J connectivity index is 1.70. The van der Waals surface area contributed by atoms with Gasteiger partial charge in [0.1, 0.15) is 17.2 Å². The van der Waals surface area contributed by atoms with Crippen molar-refractivity contribution in [3.63, 3.8) is 0 Å². The van der Waals surface area contributed by atoms with Crippen molar-refractivity contribution in [2.24, 2.45) is 11.8 Å². The van der Waals surface area contributed by atoms with Crippen molar-refractivity contribution in [2.75, 3.05) is 0 Å². The third-order valence-corrected chi connectivity index (χ3v) is 7.90. The van der Waals surface area contributed by atoms with Crippen molar-refractivity contribution in [1.82, 2.24) is 9.71 Å². The van der Waals surface area contributed by atoms with Crippen LogP contribution in [-0.2, 0) is 21.2 Å². The highest BCUT2D eigenvalue weighted by atomic mass is 32.2. The van der Waals surface area contributed by atoms with Gasteiger partial charge in [-0.05, 0) is 47.7 Å². The number of nitrogens with one attached hydrogen (secondary N) is 1. The van der Waals surface area contributed by atoms with Crippen LogP contribution in [0.4, 0.5) is 0 Å². The van der Waals surface area contributed by atoms with Crippen molar-refractivity contribution in [3.8, 4) is 10.4 Å². The molecule has 33 heavy (non-hydrogen) atoms. The molecule has 0 spiro atoms. The second kappa shape index (κ2) is 8.89. The Morgan fingerprint density at radius 1 is 1.09 bits per heavy atom. The van der Waals surface area contributed by atoms with E-state index in [4.69, 9.17) is 4.42 Å². The van der Waals surface area contributed by atoms with Crippen LogP contribution in [0.2, 0.25) is 0 Å². The number of nitrogens with zero attached hydrogens (tertiary/aromatic N) is 1. The van der Waals surface area contributed by atoms with Crippen molar-refractivity contribution in [2.45, 2.75) is 45.1 Å². The summed E-state index contributed by atoms with van der Waals surface area (Å²) >= 11 is 1.67. The van der Waals surface area contributed by atoms with Crippen molar-refractivity contribution < 1.29 is 22.7 Å². The zero-order chi connectivity index (χ0) is 23.9. The van der Waals surface area contributed by atoms with E-state index in [0.717, 1.165) is 32.6 Å². The van der Waals surface area contributed by atoms with Crippen LogP contribution < -0.4 is 4.72 Å².